The van der Waals surface area contributed by atoms with Gasteiger partial charge in [-0.15, -0.1) is 0 Å². The van der Waals surface area contributed by atoms with E-state index in [1.54, 1.807) is 6.92 Å². The lowest BCUT2D eigenvalue weighted by Crippen LogP contribution is -2.40. The van der Waals surface area contributed by atoms with E-state index < -0.39 is 24.3 Å². The number of aliphatic hydroxyl groups is 1. The van der Waals surface area contributed by atoms with Gasteiger partial charge >= 0.3 is 5.97 Å². The minimum Gasteiger partial charge on any atom is -0.466 e. The van der Waals surface area contributed by atoms with Crippen LogP contribution >= 0.6 is 0 Å². The molecule has 0 rings (SSSR count). The van der Waals surface area contributed by atoms with Crippen LogP contribution in [0.25, 0.3) is 10.4 Å². The molecule has 0 aliphatic heterocycles. The summed E-state index contributed by atoms with van der Waals surface area (Å²) in [5.41, 5.74) is 8.49. The molecule has 6 nitrogen and oxygen atoms in total. The highest BCUT2D eigenvalue weighted by molar-refractivity contribution is 5.76. The van der Waals surface area contributed by atoms with Crippen molar-refractivity contribution in [1.29, 1.82) is 0 Å². The molecule has 3 atom stereocenters. The minimum absolute atomic E-state index is 0.0820. The van der Waals surface area contributed by atoms with Crippen LogP contribution in [0.3, 0.4) is 0 Å². The molecule has 0 aromatic heterocycles. The zero-order chi connectivity index (χ0) is 20.3. The first kappa shape index (κ1) is 25.7. The Morgan fingerprint density at radius 1 is 1.00 bits per heavy atom. The highest BCUT2D eigenvalue weighted by atomic mass is 19.1. The van der Waals surface area contributed by atoms with Crippen LogP contribution in [0.15, 0.2) is 5.11 Å². The van der Waals surface area contributed by atoms with Crippen LogP contribution in [0.2, 0.25) is 0 Å². The van der Waals surface area contributed by atoms with Crippen molar-refractivity contribution in [3.05, 3.63) is 10.4 Å². The molecule has 0 aliphatic carbocycles. The maximum absolute atomic E-state index is 14.1. The second-order valence-electron chi connectivity index (χ2n) is 7.09. The average Bonchev–Trinajstić information content (AvgIpc) is 2.66. The third-order valence-corrected chi connectivity index (χ3v) is 4.73. The van der Waals surface area contributed by atoms with E-state index >= 15 is 0 Å². The van der Waals surface area contributed by atoms with Crippen molar-refractivity contribution in [2.45, 2.75) is 116 Å². The Morgan fingerprint density at radius 3 is 1.93 bits per heavy atom. The number of hydrogen-bond acceptors (Lipinski definition) is 4. The largest absolute Gasteiger partial charge is 0.466 e. The first-order valence-electron chi connectivity index (χ1n) is 10.6. The zero-order valence-corrected chi connectivity index (χ0v) is 17.1. The number of nitrogens with zero attached hydrogens (tertiary/aromatic N) is 3. The molecule has 0 aromatic rings. The van der Waals surface area contributed by atoms with Crippen molar-refractivity contribution < 1.29 is 19.0 Å². The van der Waals surface area contributed by atoms with E-state index in [0.717, 1.165) is 19.3 Å². The van der Waals surface area contributed by atoms with Crippen LogP contribution in [-0.4, -0.2) is 36.0 Å². The lowest BCUT2D eigenvalue weighted by molar-refractivity contribution is -0.148. The Labute approximate surface area is 163 Å². The fraction of sp³-hybridized carbons (Fsp3) is 0.950. The summed E-state index contributed by atoms with van der Waals surface area (Å²) < 4.78 is 18.8. The number of unbranched alkanes of at least 4 members (excludes halogenated alkanes) is 11. The number of alkyl halides is 1. The Balaban J connectivity index is 3.78. The van der Waals surface area contributed by atoms with Gasteiger partial charge in [0, 0.05) is 4.91 Å². The Bertz CT molecular complexity index is 417. The molecule has 0 aliphatic rings. The summed E-state index contributed by atoms with van der Waals surface area (Å²) in [5.74, 6) is -0.889. The van der Waals surface area contributed by atoms with Gasteiger partial charge in [0.1, 0.15) is 12.3 Å². The van der Waals surface area contributed by atoms with E-state index in [9.17, 15) is 14.3 Å². The van der Waals surface area contributed by atoms with Gasteiger partial charge in [0.25, 0.3) is 0 Å². The molecule has 0 amide bonds. The summed E-state index contributed by atoms with van der Waals surface area (Å²) in [6, 6.07) is -1.53. The third kappa shape index (κ3) is 13.5. The number of esters is 1. The van der Waals surface area contributed by atoms with Crippen molar-refractivity contribution >= 4 is 5.97 Å². The predicted molar refractivity (Wildman–Crippen MR) is 106 cm³/mol. The number of carbonyl (C=O) groups excluding carboxylic acids is 1. The van der Waals surface area contributed by atoms with E-state index in [1.165, 1.54) is 51.4 Å². The van der Waals surface area contributed by atoms with Crippen molar-refractivity contribution in [3.63, 3.8) is 0 Å². The van der Waals surface area contributed by atoms with E-state index in [1.807, 2.05) is 0 Å². The number of rotatable bonds is 18. The molecule has 0 radical (unpaired) electrons. The molecule has 27 heavy (non-hydrogen) atoms. The normalized spacial score (nSPS) is 14.2. The minimum atomic E-state index is -1.66. The van der Waals surface area contributed by atoms with Crippen LogP contribution in [0, 0.1) is 0 Å². The van der Waals surface area contributed by atoms with E-state index in [-0.39, 0.29) is 13.0 Å². The zero-order valence-electron chi connectivity index (χ0n) is 17.1. The van der Waals surface area contributed by atoms with E-state index in [4.69, 9.17) is 10.3 Å². The van der Waals surface area contributed by atoms with Crippen LogP contribution in [0.1, 0.15) is 97.3 Å². The van der Waals surface area contributed by atoms with Gasteiger partial charge in [-0.2, -0.15) is 0 Å². The highest BCUT2D eigenvalue weighted by Gasteiger charge is 2.33. The maximum atomic E-state index is 14.1. The van der Waals surface area contributed by atoms with Crippen molar-refractivity contribution in [2.24, 2.45) is 5.11 Å². The van der Waals surface area contributed by atoms with Gasteiger partial charge in [0.2, 0.25) is 0 Å². The molecule has 7 heteroatoms. The first-order valence-corrected chi connectivity index (χ1v) is 10.6. The smallest absolute Gasteiger partial charge is 0.317 e. The predicted octanol–water partition coefficient (Wildman–Crippen LogP) is 6.02. The number of halogens is 1. The van der Waals surface area contributed by atoms with Gasteiger partial charge in [-0.25, -0.2) is 4.39 Å². The fourth-order valence-corrected chi connectivity index (χ4v) is 3.09. The van der Waals surface area contributed by atoms with Gasteiger partial charge in [-0.3, -0.25) is 4.79 Å². The van der Waals surface area contributed by atoms with Crippen LogP contribution < -0.4 is 0 Å². The van der Waals surface area contributed by atoms with E-state index in [0.29, 0.717) is 6.42 Å². The monoisotopic (exact) mass is 387 g/mol. The fourth-order valence-electron chi connectivity index (χ4n) is 3.09. The Morgan fingerprint density at radius 2 is 1.48 bits per heavy atom. The average molecular weight is 388 g/mol. The topological polar surface area (TPSA) is 95.3 Å². The van der Waals surface area contributed by atoms with Gasteiger partial charge in [-0.1, -0.05) is 89.1 Å². The molecular formula is C20H38FN3O3. The van der Waals surface area contributed by atoms with Crippen LogP contribution in [0.5, 0.6) is 0 Å². The van der Waals surface area contributed by atoms with Crippen molar-refractivity contribution in [1.82, 2.24) is 0 Å². The molecule has 0 saturated carbocycles. The number of aliphatic hydroxyl groups excluding tert-OH is 1. The third-order valence-electron chi connectivity index (χ3n) is 4.73. The molecule has 0 saturated heterocycles. The molecule has 0 aromatic carbocycles. The number of azide groups is 1. The molecule has 0 bridgehead atoms. The van der Waals surface area contributed by atoms with Crippen LogP contribution in [0.4, 0.5) is 4.39 Å². The summed E-state index contributed by atoms with van der Waals surface area (Å²) in [6.07, 6.45) is 11.1. The summed E-state index contributed by atoms with van der Waals surface area (Å²) in [7, 11) is 0. The molecule has 0 heterocycles. The summed E-state index contributed by atoms with van der Waals surface area (Å²) in [6.45, 7) is 3.90. The standard InChI is InChI=1S/C20H38FN3O3/c1-3-5-6-7-8-9-10-11-12-13-14-15-16-17(21)19(25)18(23-24-22)20(26)27-4-2/h17-19,25H,3-16H2,1-2H3/t17-,18+,19+/m0/s1. The molecule has 0 fully saturated rings. The molecule has 158 valence electrons. The van der Waals surface area contributed by atoms with Crippen molar-refractivity contribution in [2.75, 3.05) is 6.61 Å². The Kier molecular flexibility index (Phi) is 17.2. The Hall–Kier alpha value is -1.33. The number of hydrogen-bond donors (Lipinski definition) is 1. The molecule has 1 N–H and O–H groups in total. The molecule has 0 spiro atoms. The summed E-state index contributed by atoms with van der Waals surface area (Å²) in [5, 5.41) is 13.1. The quantitative estimate of drug-likeness (QED) is 0.102. The molecule has 0 unspecified atom stereocenters. The summed E-state index contributed by atoms with van der Waals surface area (Å²) >= 11 is 0. The van der Waals surface area contributed by atoms with Gasteiger partial charge in [0.05, 0.1) is 6.61 Å². The molecular weight excluding hydrogens is 349 g/mol. The van der Waals surface area contributed by atoms with Gasteiger partial charge in [0.15, 0.2) is 6.04 Å². The van der Waals surface area contributed by atoms with Crippen LogP contribution in [-0.2, 0) is 9.53 Å². The second-order valence-corrected chi connectivity index (χ2v) is 7.09. The first-order chi connectivity index (χ1) is 13.1. The lowest BCUT2D eigenvalue weighted by atomic mass is 10.0. The van der Waals surface area contributed by atoms with Crippen molar-refractivity contribution in [3.8, 4) is 0 Å². The summed E-state index contributed by atoms with van der Waals surface area (Å²) in [4.78, 5) is 14.1. The lowest BCUT2D eigenvalue weighted by Gasteiger charge is -2.20. The van der Waals surface area contributed by atoms with E-state index in [2.05, 4.69) is 16.9 Å². The van der Waals surface area contributed by atoms with Gasteiger partial charge in [-0.05, 0) is 18.9 Å². The maximum Gasteiger partial charge on any atom is 0.317 e. The number of carbonyl (C=O) groups is 1. The van der Waals surface area contributed by atoms with Gasteiger partial charge < -0.3 is 9.84 Å². The highest BCUT2D eigenvalue weighted by Crippen LogP contribution is 2.18. The number of ether oxygens (including phenoxy) is 1. The SMILES string of the molecule is CCCCCCCCCCCCCC[C@H](F)[C@@H](O)[C@@H](N=[N+]=[N-])C(=O)OCC. The second kappa shape index (κ2) is 18.1.